The molecule has 0 aliphatic carbocycles. The number of rotatable bonds is 6. The lowest BCUT2D eigenvalue weighted by Gasteiger charge is -2.23. The fourth-order valence-electron chi connectivity index (χ4n) is 3.50. The molecule has 132 valence electrons. The molecule has 3 rings (SSSR count). The van der Waals surface area contributed by atoms with E-state index in [0.717, 1.165) is 26.2 Å². The van der Waals surface area contributed by atoms with E-state index in [9.17, 15) is 4.79 Å². The zero-order valence-electron chi connectivity index (χ0n) is 14.9. The lowest BCUT2D eigenvalue weighted by molar-refractivity contribution is 0.0926. The molecule has 1 aliphatic heterocycles. The van der Waals surface area contributed by atoms with E-state index >= 15 is 0 Å². The molecule has 2 heterocycles. The summed E-state index contributed by atoms with van der Waals surface area (Å²) in [7, 11) is 4.17. The van der Waals surface area contributed by atoms with E-state index in [1.54, 1.807) is 24.5 Å². The molecule has 0 spiro atoms. The second-order valence-electron chi connectivity index (χ2n) is 7.02. The third-order valence-electron chi connectivity index (χ3n) is 4.62. The van der Waals surface area contributed by atoms with Crippen LogP contribution in [0.3, 0.4) is 0 Å². The van der Waals surface area contributed by atoms with E-state index in [2.05, 4.69) is 58.5 Å². The maximum atomic E-state index is 12.5. The van der Waals surface area contributed by atoms with Crippen LogP contribution in [0.4, 0.5) is 0 Å². The van der Waals surface area contributed by atoms with Crippen LogP contribution >= 0.6 is 0 Å². The summed E-state index contributed by atoms with van der Waals surface area (Å²) in [6, 6.07) is 14.2. The Morgan fingerprint density at radius 3 is 2.56 bits per heavy atom. The summed E-state index contributed by atoms with van der Waals surface area (Å²) in [5, 5.41) is 3.23. The van der Waals surface area contributed by atoms with Gasteiger partial charge in [-0.1, -0.05) is 30.3 Å². The van der Waals surface area contributed by atoms with Crippen LogP contribution in [0.1, 0.15) is 15.9 Å². The van der Waals surface area contributed by atoms with Gasteiger partial charge in [0.05, 0.1) is 0 Å². The molecule has 0 saturated carbocycles. The number of aromatic nitrogens is 1. The third-order valence-corrected chi connectivity index (χ3v) is 4.62. The summed E-state index contributed by atoms with van der Waals surface area (Å²) in [5.41, 5.74) is 1.98. The SMILES string of the molecule is CN(C)C[C@@H]1CN(Cc2ccccc2)C[C@H]1NC(=O)c1ccncc1. The Labute approximate surface area is 149 Å². The van der Waals surface area contributed by atoms with Crippen LogP contribution in [0.15, 0.2) is 54.9 Å². The summed E-state index contributed by atoms with van der Waals surface area (Å²) in [5.74, 6) is 0.405. The number of hydrogen-bond donors (Lipinski definition) is 1. The first kappa shape index (κ1) is 17.6. The molecule has 1 aromatic carbocycles. The van der Waals surface area contributed by atoms with Gasteiger partial charge in [0, 0.05) is 56.1 Å². The van der Waals surface area contributed by atoms with Crippen LogP contribution < -0.4 is 5.32 Å². The van der Waals surface area contributed by atoms with Gasteiger partial charge in [0.25, 0.3) is 5.91 Å². The van der Waals surface area contributed by atoms with Crippen molar-refractivity contribution in [1.82, 2.24) is 20.1 Å². The van der Waals surface area contributed by atoms with E-state index in [1.807, 2.05) is 6.07 Å². The number of benzene rings is 1. The minimum atomic E-state index is -0.0160. The summed E-state index contributed by atoms with van der Waals surface area (Å²) >= 11 is 0. The lowest BCUT2D eigenvalue weighted by atomic mass is 10.0. The number of carbonyl (C=O) groups excluding carboxylic acids is 1. The average molecular weight is 338 g/mol. The van der Waals surface area contributed by atoms with E-state index < -0.39 is 0 Å². The second-order valence-corrected chi connectivity index (χ2v) is 7.02. The Bertz CT molecular complexity index is 675. The smallest absolute Gasteiger partial charge is 0.251 e. The van der Waals surface area contributed by atoms with Crippen molar-refractivity contribution >= 4 is 5.91 Å². The maximum absolute atomic E-state index is 12.5. The van der Waals surface area contributed by atoms with E-state index in [4.69, 9.17) is 0 Å². The van der Waals surface area contributed by atoms with Crippen LogP contribution in [0.2, 0.25) is 0 Å². The Morgan fingerprint density at radius 2 is 1.88 bits per heavy atom. The van der Waals surface area contributed by atoms with Crippen LogP contribution in [-0.4, -0.2) is 60.5 Å². The molecule has 5 nitrogen and oxygen atoms in total. The van der Waals surface area contributed by atoms with Gasteiger partial charge in [0.15, 0.2) is 0 Å². The van der Waals surface area contributed by atoms with Crippen molar-refractivity contribution in [2.75, 3.05) is 33.7 Å². The zero-order valence-corrected chi connectivity index (χ0v) is 14.9. The molecule has 0 bridgehead atoms. The quantitative estimate of drug-likeness (QED) is 0.874. The average Bonchev–Trinajstić information content (AvgIpc) is 2.96. The number of carbonyl (C=O) groups is 1. The standard InChI is InChI=1S/C20H26N4O/c1-23(2)13-18-14-24(12-16-6-4-3-5-7-16)15-19(18)22-20(25)17-8-10-21-11-9-17/h3-11,18-19H,12-15H2,1-2H3,(H,22,25)/t18-,19-/m1/s1. The first-order chi connectivity index (χ1) is 12.1. The molecule has 1 N–H and O–H groups in total. The minimum absolute atomic E-state index is 0.0160. The van der Waals surface area contributed by atoms with Crippen molar-refractivity contribution in [2.45, 2.75) is 12.6 Å². The first-order valence-corrected chi connectivity index (χ1v) is 8.73. The Morgan fingerprint density at radius 1 is 1.16 bits per heavy atom. The van der Waals surface area contributed by atoms with E-state index in [0.29, 0.717) is 11.5 Å². The predicted octanol–water partition coefficient (Wildman–Crippen LogP) is 1.87. The summed E-state index contributed by atoms with van der Waals surface area (Å²) in [4.78, 5) is 21.1. The molecule has 1 aliphatic rings. The number of likely N-dealkylation sites (tertiary alicyclic amines) is 1. The summed E-state index contributed by atoms with van der Waals surface area (Å²) in [6.07, 6.45) is 3.31. The van der Waals surface area contributed by atoms with Crippen LogP contribution in [-0.2, 0) is 6.54 Å². The van der Waals surface area contributed by atoms with Gasteiger partial charge in [-0.05, 0) is 31.8 Å². The summed E-state index contributed by atoms with van der Waals surface area (Å²) in [6.45, 7) is 3.76. The van der Waals surface area contributed by atoms with E-state index in [-0.39, 0.29) is 11.9 Å². The van der Waals surface area contributed by atoms with Gasteiger partial charge in [-0.25, -0.2) is 0 Å². The molecular weight excluding hydrogens is 312 g/mol. The fraction of sp³-hybridized carbons (Fsp3) is 0.400. The van der Waals surface area contributed by atoms with Gasteiger partial charge in [-0.3, -0.25) is 14.7 Å². The maximum Gasteiger partial charge on any atom is 0.251 e. The number of nitrogens with zero attached hydrogens (tertiary/aromatic N) is 3. The Kier molecular flexibility index (Phi) is 5.79. The number of hydrogen-bond acceptors (Lipinski definition) is 4. The van der Waals surface area contributed by atoms with Crippen molar-refractivity contribution in [2.24, 2.45) is 5.92 Å². The van der Waals surface area contributed by atoms with Gasteiger partial charge in [-0.15, -0.1) is 0 Å². The molecule has 0 radical (unpaired) electrons. The summed E-state index contributed by atoms with van der Waals surface area (Å²) < 4.78 is 0. The van der Waals surface area contributed by atoms with Crippen molar-refractivity contribution in [1.29, 1.82) is 0 Å². The Balaban J connectivity index is 1.66. The zero-order chi connectivity index (χ0) is 17.6. The highest BCUT2D eigenvalue weighted by atomic mass is 16.1. The third kappa shape index (κ3) is 4.87. The molecule has 2 atom stereocenters. The normalized spacial score (nSPS) is 20.8. The largest absolute Gasteiger partial charge is 0.348 e. The molecule has 0 unspecified atom stereocenters. The molecule has 5 heteroatoms. The van der Waals surface area contributed by atoms with Gasteiger partial charge in [0.1, 0.15) is 0 Å². The molecule has 2 aromatic rings. The van der Waals surface area contributed by atoms with Gasteiger partial charge < -0.3 is 10.2 Å². The monoisotopic (exact) mass is 338 g/mol. The Hall–Kier alpha value is -2.24. The first-order valence-electron chi connectivity index (χ1n) is 8.73. The highest BCUT2D eigenvalue weighted by molar-refractivity contribution is 5.94. The van der Waals surface area contributed by atoms with Crippen molar-refractivity contribution in [3.63, 3.8) is 0 Å². The highest BCUT2D eigenvalue weighted by Crippen LogP contribution is 2.20. The van der Waals surface area contributed by atoms with Gasteiger partial charge in [0.2, 0.25) is 0 Å². The van der Waals surface area contributed by atoms with Crippen LogP contribution in [0, 0.1) is 5.92 Å². The van der Waals surface area contributed by atoms with Crippen molar-refractivity contribution in [3.05, 3.63) is 66.0 Å². The van der Waals surface area contributed by atoms with Crippen molar-refractivity contribution < 1.29 is 4.79 Å². The fourth-order valence-corrected chi connectivity index (χ4v) is 3.50. The highest BCUT2D eigenvalue weighted by Gasteiger charge is 2.34. The van der Waals surface area contributed by atoms with E-state index in [1.165, 1.54) is 5.56 Å². The van der Waals surface area contributed by atoms with Crippen LogP contribution in [0.5, 0.6) is 0 Å². The lowest BCUT2D eigenvalue weighted by Crippen LogP contribution is -2.43. The topological polar surface area (TPSA) is 48.5 Å². The molecule has 1 fully saturated rings. The molecule has 1 amide bonds. The molecular formula is C20H26N4O. The minimum Gasteiger partial charge on any atom is -0.348 e. The number of amides is 1. The number of pyridine rings is 1. The van der Waals surface area contributed by atoms with Crippen molar-refractivity contribution in [3.8, 4) is 0 Å². The number of nitrogens with one attached hydrogen (secondary N) is 1. The van der Waals surface area contributed by atoms with Crippen LogP contribution in [0.25, 0.3) is 0 Å². The molecule has 1 aromatic heterocycles. The predicted molar refractivity (Wildman–Crippen MR) is 99.3 cm³/mol. The molecule has 1 saturated heterocycles. The van der Waals surface area contributed by atoms with Gasteiger partial charge >= 0.3 is 0 Å². The van der Waals surface area contributed by atoms with Gasteiger partial charge in [-0.2, -0.15) is 0 Å². The molecule has 25 heavy (non-hydrogen) atoms. The second kappa shape index (κ2) is 8.23.